The van der Waals surface area contributed by atoms with E-state index in [1.165, 1.54) is 23.8 Å². The molecule has 3 aromatic rings. The molecule has 4 rings (SSSR count). The number of benzene rings is 1. The lowest BCUT2D eigenvalue weighted by Gasteiger charge is -2.16. The molecular formula is C20H20BrN3S. The fourth-order valence-corrected chi connectivity index (χ4v) is 4.54. The van der Waals surface area contributed by atoms with Gasteiger partial charge in [-0.2, -0.15) is 0 Å². The third-order valence-electron chi connectivity index (χ3n) is 4.71. The molecule has 3 heterocycles. The fraction of sp³-hybridized carbons (Fsp3) is 0.300. The average molecular weight is 414 g/mol. The molecule has 1 aromatic carbocycles. The van der Waals surface area contributed by atoms with E-state index in [1.807, 2.05) is 0 Å². The van der Waals surface area contributed by atoms with Crippen molar-refractivity contribution in [2.75, 3.05) is 13.1 Å². The van der Waals surface area contributed by atoms with Crippen molar-refractivity contribution >= 4 is 49.0 Å². The number of fused-ring (bicyclic) bond motifs is 1. The van der Waals surface area contributed by atoms with E-state index in [2.05, 4.69) is 70.4 Å². The van der Waals surface area contributed by atoms with Crippen molar-refractivity contribution in [2.24, 2.45) is 4.99 Å². The highest BCUT2D eigenvalue weighted by Gasteiger charge is 2.15. The van der Waals surface area contributed by atoms with E-state index in [9.17, 15) is 0 Å². The number of aromatic nitrogens is 1. The highest BCUT2D eigenvalue weighted by molar-refractivity contribution is 9.10. The molecule has 0 amide bonds. The van der Waals surface area contributed by atoms with Gasteiger partial charge in [0.05, 0.1) is 11.4 Å². The van der Waals surface area contributed by atoms with E-state index in [4.69, 9.17) is 9.98 Å². The summed E-state index contributed by atoms with van der Waals surface area (Å²) in [6.45, 7) is 6.53. The van der Waals surface area contributed by atoms with Crippen molar-refractivity contribution in [3.8, 4) is 11.3 Å². The molecule has 0 aliphatic carbocycles. The lowest BCUT2D eigenvalue weighted by Crippen LogP contribution is -2.24. The van der Waals surface area contributed by atoms with Crippen LogP contribution in [0.5, 0.6) is 0 Å². The maximum Gasteiger partial charge on any atom is 0.126 e. The Kier molecular flexibility index (Phi) is 4.61. The van der Waals surface area contributed by atoms with Gasteiger partial charge in [-0.15, -0.1) is 11.3 Å². The van der Waals surface area contributed by atoms with Gasteiger partial charge >= 0.3 is 0 Å². The molecule has 1 saturated heterocycles. The van der Waals surface area contributed by atoms with Crippen LogP contribution in [0.2, 0.25) is 0 Å². The summed E-state index contributed by atoms with van der Waals surface area (Å²) in [6, 6.07) is 10.5. The summed E-state index contributed by atoms with van der Waals surface area (Å²) in [5, 5.41) is 3.32. The number of halogens is 1. The van der Waals surface area contributed by atoms with Gasteiger partial charge in [-0.25, -0.2) is 9.98 Å². The lowest BCUT2D eigenvalue weighted by molar-refractivity contribution is 0.516. The second-order valence-electron chi connectivity index (χ2n) is 6.49. The van der Waals surface area contributed by atoms with E-state index in [0.29, 0.717) is 0 Å². The van der Waals surface area contributed by atoms with Gasteiger partial charge in [-0.3, -0.25) is 0 Å². The van der Waals surface area contributed by atoms with Crippen molar-refractivity contribution in [3.05, 3.63) is 45.7 Å². The van der Waals surface area contributed by atoms with Crippen LogP contribution >= 0.6 is 27.3 Å². The first-order chi connectivity index (χ1) is 12.1. The molecule has 0 bridgehead atoms. The quantitative estimate of drug-likeness (QED) is 0.370. The number of hydrogen-bond donors (Lipinski definition) is 0. The zero-order valence-electron chi connectivity index (χ0n) is 14.4. The molecule has 1 aliphatic heterocycles. The third kappa shape index (κ3) is 3.35. The molecule has 128 valence electrons. The first kappa shape index (κ1) is 16.7. The zero-order chi connectivity index (χ0) is 17.4. The molecule has 0 saturated carbocycles. The smallest absolute Gasteiger partial charge is 0.126 e. The van der Waals surface area contributed by atoms with Crippen molar-refractivity contribution in [3.63, 3.8) is 0 Å². The van der Waals surface area contributed by atoms with Gasteiger partial charge in [-0.05, 0) is 50.5 Å². The van der Waals surface area contributed by atoms with E-state index < -0.39 is 0 Å². The van der Waals surface area contributed by atoms with Crippen LogP contribution in [0.25, 0.3) is 21.5 Å². The maximum absolute atomic E-state index is 4.91. The minimum absolute atomic E-state index is 1.02. The van der Waals surface area contributed by atoms with Gasteiger partial charge in [0.1, 0.15) is 10.7 Å². The molecule has 1 aliphatic rings. The first-order valence-corrected chi connectivity index (χ1v) is 10.2. The van der Waals surface area contributed by atoms with Crippen LogP contribution in [0, 0.1) is 6.92 Å². The molecule has 2 aromatic heterocycles. The molecule has 25 heavy (non-hydrogen) atoms. The second-order valence-corrected chi connectivity index (χ2v) is 8.26. The summed E-state index contributed by atoms with van der Waals surface area (Å²) in [6.07, 6.45) is 2.54. The number of aryl methyl sites for hydroxylation is 1. The monoisotopic (exact) mass is 413 g/mol. The van der Waals surface area contributed by atoms with E-state index in [0.717, 1.165) is 45.2 Å². The van der Waals surface area contributed by atoms with Gasteiger partial charge in [0, 0.05) is 33.9 Å². The van der Waals surface area contributed by atoms with Crippen LogP contribution in [-0.2, 0) is 0 Å². The summed E-state index contributed by atoms with van der Waals surface area (Å²) in [4.78, 5) is 13.2. The zero-order valence-corrected chi connectivity index (χ0v) is 16.8. The molecule has 0 N–H and O–H groups in total. The Balaban J connectivity index is 1.74. The van der Waals surface area contributed by atoms with E-state index in [1.54, 1.807) is 11.3 Å². The predicted octanol–water partition coefficient (Wildman–Crippen LogP) is 6.18. The van der Waals surface area contributed by atoms with Crippen molar-refractivity contribution in [2.45, 2.75) is 26.7 Å². The Morgan fingerprint density at radius 1 is 1.20 bits per heavy atom. The number of rotatable bonds is 2. The highest BCUT2D eigenvalue weighted by atomic mass is 79.9. The van der Waals surface area contributed by atoms with Crippen LogP contribution in [0.3, 0.4) is 0 Å². The van der Waals surface area contributed by atoms with E-state index >= 15 is 0 Å². The van der Waals surface area contributed by atoms with Gasteiger partial charge in [0.15, 0.2) is 0 Å². The summed E-state index contributed by atoms with van der Waals surface area (Å²) in [5.41, 5.74) is 4.44. The summed E-state index contributed by atoms with van der Waals surface area (Å²) in [5.74, 6) is 1.12. The first-order valence-electron chi connectivity index (χ1n) is 8.57. The Morgan fingerprint density at radius 2 is 1.92 bits per heavy atom. The number of amidine groups is 1. The minimum Gasteiger partial charge on any atom is -0.360 e. The highest BCUT2D eigenvalue weighted by Crippen LogP contribution is 2.36. The van der Waals surface area contributed by atoms with Crippen LogP contribution in [0.15, 0.2) is 45.2 Å². The molecular weight excluding hydrogens is 394 g/mol. The fourth-order valence-electron chi connectivity index (χ4n) is 3.35. The number of nitrogens with zero attached hydrogens (tertiary/aromatic N) is 3. The molecule has 0 atom stereocenters. The minimum atomic E-state index is 1.02. The molecule has 3 nitrogen and oxygen atoms in total. The third-order valence-corrected chi connectivity index (χ3v) is 6.10. The Labute approximate surface area is 160 Å². The van der Waals surface area contributed by atoms with Gasteiger partial charge in [0.25, 0.3) is 0 Å². The van der Waals surface area contributed by atoms with Crippen molar-refractivity contribution in [1.29, 1.82) is 0 Å². The molecule has 0 spiro atoms. The Bertz CT molecular complexity index is 937. The Hall–Kier alpha value is -1.72. The standard InChI is InChI=1S/C20H20BrN3S/c1-13-11-17(15-5-7-16(21)8-6-15)23-20-19(13)18(12-25-20)22-14(2)24-9-3-4-10-24/h5-8,11-12H,3-4,9-10H2,1-2H3. The number of pyridine rings is 1. The molecule has 1 fully saturated rings. The van der Waals surface area contributed by atoms with Crippen molar-refractivity contribution in [1.82, 2.24) is 9.88 Å². The number of aliphatic imine (C=N–C) groups is 1. The topological polar surface area (TPSA) is 28.5 Å². The maximum atomic E-state index is 4.91. The summed E-state index contributed by atoms with van der Waals surface area (Å²) < 4.78 is 1.08. The van der Waals surface area contributed by atoms with Crippen molar-refractivity contribution < 1.29 is 0 Å². The normalized spacial score (nSPS) is 15.3. The molecule has 5 heteroatoms. The lowest BCUT2D eigenvalue weighted by atomic mass is 10.1. The second kappa shape index (κ2) is 6.89. The largest absolute Gasteiger partial charge is 0.360 e. The SMILES string of the molecule is CC(=Nc1csc2nc(-c3ccc(Br)cc3)cc(C)c12)N1CCCC1. The summed E-state index contributed by atoms with van der Waals surface area (Å²) in [7, 11) is 0. The van der Waals surface area contributed by atoms with Gasteiger partial charge < -0.3 is 4.90 Å². The Morgan fingerprint density at radius 3 is 2.64 bits per heavy atom. The van der Waals surface area contributed by atoms with Crippen LogP contribution in [-0.4, -0.2) is 28.8 Å². The number of hydrogen-bond acceptors (Lipinski definition) is 3. The predicted molar refractivity (Wildman–Crippen MR) is 111 cm³/mol. The number of thiophene rings is 1. The average Bonchev–Trinajstić information content (AvgIpc) is 3.26. The van der Waals surface area contributed by atoms with Crippen LogP contribution < -0.4 is 0 Å². The van der Waals surface area contributed by atoms with Gasteiger partial charge in [0.2, 0.25) is 0 Å². The van der Waals surface area contributed by atoms with Crippen LogP contribution in [0.1, 0.15) is 25.3 Å². The van der Waals surface area contributed by atoms with Gasteiger partial charge in [-0.1, -0.05) is 28.1 Å². The summed E-state index contributed by atoms with van der Waals surface area (Å²) >= 11 is 5.17. The molecule has 0 unspecified atom stereocenters. The van der Waals surface area contributed by atoms with E-state index in [-0.39, 0.29) is 0 Å². The molecule has 0 radical (unpaired) electrons. The van der Waals surface area contributed by atoms with Crippen LogP contribution in [0.4, 0.5) is 5.69 Å². The number of likely N-dealkylation sites (tertiary alicyclic amines) is 1.